The first-order chi connectivity index (χ1) is 13.8. The van der Waals surface area contributed by atoms with Crippen LogP contribution in [0.1, 0.15) is 29.5 Å². The highest BCUT2D eigenvalue weighted by Gasteiger charge is 2.18. The molecule has 4 rings (SSSR count). The van der Waals surface area contributed by atoms with E-state index in [0.717, 1.165) is 47.7 Å². The van der Waals surface area contributed by atoms with E-state index in [1.54, 1.807) is 7.11 Å². The molecule has 0 spiro atoms. The summed E-state index contributed by atoms with van der Waals surface area (Å²) in [5, 5.41) is 4.66. The first-order valence-electron chi connectivity index (χ1n) is 9.59. The number of hydrogen-bond acceptors (Lipinski definition) is 4. The minimum Gasteiger partial charge on any atom is -0.496 e. The first kappa shape index (κ1) is 18.1. The van der Waals surface area contributed by atoms with Crippen molar-refractivity contribution in [2.24, 2.45) is 5.10 Å². The van der Waals surface area contributed by atoms with Crippen LogP contribution in [0, 0.1) is 0 Å². The maximum absolute atomic E-state index is 5.84. The lowest BCUT2D eigenvalue weighted by Crippen LogP contribution is -2.14. The van der Waals surface area contributed by atoms with E-state index in [1.165, 1.54) is 11.1 Å². The average molecular weight is 372 g/mol. The van der Waals surface area contributed by atoms with Crippen LogP contribution < -0.4 is 14.9 Å². The smallest absolute Gasteiger partial charge is 0.122 e. The third-order valence-corrected chi connectivity index (χ3v) is 4.93. The van der Waals surface area contributed by atoms with Crippen LogP contribution >= 0.6 is 0 Å². The number of nitrogens with zero attached hydrogens (tertiary/aromatic N) is 1. The van der Waals surface area contributed by atoms with Gasteiger partial charge < -0.3 is 9.47 Å². The van der Waals surface area contributed by atoms with Crippen LogP contribution in [-0.2, 0) is 13.0 Å². The van der Waals surface area contributed by atoms with Crippen LogP contribution in [0.25, 0.3) is 0 Å². The molecule has 1 N–H and O–H groups in total. The maximum atomic E-state index is 5.84. The van der Waals surface area contributed by atoms with Gasteiger partial charge in [0.1, 0.15) is 18.1 Å². The molecule has 0 unspecified atom stereocenters. The lowest BCUT2D eigenvalue weighted by Gasteiger charge is -2.20. The van der Waals surface area contributed by atoms with Crippen LogP contribution in [0.5, 0.6) is 11.5 Å². The average Bonchev–Trinajstić information content (AvgIpc) is 2.77. The van der Waals surface area contributed by atoms with Crippen molar-refractivity contribution in [3.05, 3.63) is 89.5 Å². The quantitative estimate of drug-likeness (QED) is 0.587. The summed E-state index contributed by atoms with van der Waals surface area (Å²) in [6, 6.07) is 24.2. The van der Waals surface area contributed by atoms with Gasteiger partial charge in [-0.3, -0.25) is 5.43 Å². The van der Waals surface area contributed by atoms with E-state index in [9.17, 15) is 0 Å². The van der Waals surface area contributed by atoms with Crippen molar-refractivity contribution in [1.82, 2.24) is 0 Å². The van der Waals surface area contributed by atoms with Crippen LogP contribution in [0.2, 0.25) is 0 Å². The Morgan fingerprint density at radius 2 is 1.71 bits per heavy atom. The summed E-state index contributed by atoms with van der Waals surface area (Å²) in [6.45, 7) is 0.564. The van der Waals surface area contributed by atoms with E-state index in [1.807, 2.05) is 54.6 Å². The second kappa shape index (κ2) is 8.61. The highest BCUT2D eigenvalue weighted by molar-refractivity contribution is 6.03. The largest absolute Gasteiger partial charge is 0.496 e. The second-order valence-corrected chi connectivity index (χ2v) is 6.81. The van der Waals surface area contributed by atoms with Crippen molar-refractivity contribution in [1.29, 1.82) is 0 Å². The number of benzene rings is 3. The van der Waals surface area contributed by atoms with Gasteiger partial charge in [-0.25, -0.2) is 0 Å². The number of hydrazone groups is 1. The number of rotatable bonds is 6. The van der Waals surface area contributed by atoms with Crippen LogP contribution in [-0.4, -0.2) is 12.8 Å². The summed E-state index contributed by atoms with van der Waals surface area (Å²) < 4.78 is 11.3. The van der Waals surface area contributed by atoms with Gasteiger partial charge in [-0.1, -0.05) is 42.5 Å². The molecule has 0 fully saturated rings. The molecule has 0 atom stereocenters. The van der Waals surface area contributed by atoms with E-state index in [2.05, 4.69) is 28.7 Å². The Labute approximate surface area is 165 Å². The zero-order chi connectivity index (χ0) is 19.2. The van der Waals surface area contributed by atoms with Crippen molar-refractivity contribution in [3.8, 4) is 11.5 Å². The Balaban J connectivity index is 1.42. The van der Waals surface area contributed by atoms with Gasteiger partial charge in [0, 0.05) is 11.1 Å². The van der Waals surface area contributed by atoms with Gasteiger partial charge in [-0.05, 0) is 55.2 Å². The predicted molar refractivity (Wildman–Crippen MR) is 113 cm³/mol. The molecule has 0 aromatic heterocycles. The Bertz CT molecular complexity index is 950. The molecule has 0 radical (unpaired) electrons. The number of fused-ring (bicyclic) bond motifs is 1. The molecule has 0 aliphatic heterocycles. The monoisotopic (exact) mass is 372 g/mol. The normalized spacial score (nSPS) is 14.4. The van der Waals surface area contributed by atoms with Crippen molar-refractivity contribution in [3.63, 3.8) is 0 Å². The standard InChI is InChI=1S/C24H24N2O2/c1-27-24-12-6-9-21-22(24)10-5-11-23(21)26-25-19-13-15-20(16-14-19)28-17-18-7-3-2-4-8-18/h2-4,6-9,12-16,25H,5,10-11,17H2,1H3. The third-order valence-electron chi connectivity index (χ3n) is 4.93. The highest BCUT2D eigenvalue weighted by atomic mass is 16.5. The topological polar surface area (TPSA) is 42.8 Å². The minimum absolute atomic E-state index is 0.564. The van der Waals surface area contributed by atoms with Crippen molar-refractivity contribution >= 4 is 11.4 Å². The second-order valence-electron chi connectivity index (χ2n) is 6.81. The molecule has 0 saturated heterocycles. The molecule has 0 bridgehead atoms. The van der Waals surface area contributed by atoms with E-state index in [0.29, 0.717) is 6.61 Å². The molecule has 0 amide bonds. The molecule has 0 heterocycles. The lowest BCUT2D eigenvalue weighted by atomic mass is 9.89. The van der Waals surface area contributed by atoms with Crippen LogP contribution in [0.15, 0.2) is 77.9 Å². The van der Waals surface area contributed by atoms with E-state index >= 15 is 0 Å². The zero-order valence-electron chi connectivity index (χ0n) is 16.0. The number of methoxy groups -OCH3 is 1. The lowest BCUT2D eigenvalue weighted by molar-refractivity contribution is 0.306. The fourth-order valence-corrected chi connectivity index (χ4v) is 3.47. The minimum atomic E-state index is 0.564. The van der Waals surface area contributed by atoms with Gasteiger partial charge in [0.15, 0.2) is 0 Å². The van der Waals surface area contributed by atoms with Crippen molar-refractivity contribution in [2.45, 2.75) is 25.9 Å². The zero-order valence-corrected chi connectivity index (χ0v) is 16.0. The molecule has 28 heavy (non-hydrogen) atoms. The number of hydrogen-bond donors (Lipinski definition) is 1. The fourth-order valence-electron chi connectivity index (χ4n) is 3.47. The molecule has 4 heteroatoms. The van der Waals surface area contributed by atoms with Gasteiger partial charge in [0.2, 0.25) is 0 Å². The molecular weight excluding hydrogens is 348 g/mol. The maximum Gasteiger partial charge on any atom is 0.122 e. The van der Waals surface area contributed by atoms with E-state index < -0.39 is 0 Å². The van der Waals surface area contributed by atoms with E-state index in [-0.39, 0.29) is 0 Å². The summed E-state index contributed by atoms with van der Waals surface area (Å²) in [5.74, 6) is 1.79. The molecule has 4 nitrogen and oxygen atoms in total. The number of anilines is 1. The Hall–Kier alpha value is -3.27. The Kier molecular flexibility index (Phi) is 5.57. The van der Waals surface area contributed by atoms with Crippen molar-refractivity contribution in [2.75, 3.05) is 12.5 Å². The molecule has 1 aliphatic carbocycles. The van der Waals surface area contributed by atoms with Gasteiger partial charge >= 0.3 is 0 Å². The first-order valence-corrected chi connectivity index (χ1v) is 9.59. The van der Waals surface area contributed by atoms with Gasteiger partial charge in [-0.15, -0.1) is 0 Å². The Morgan fingerprint density at radius 1 is 0.893 bits per heavy atom. The predicted octanol–water partition coefficient (Wildman–Crippen LogP) is 5.43. The van der Waals surface area contributed by atoms with Crippen LogP contribution in [0.4, 0.5) is 5.69 Å². The molecule has 3 aromatic rings. The Morgan fingerprint density at radius 3 is 2.50 bits per heavy atom. The summed E-state index contributed by atoms with van der Waals surface area (Å²) >= 11 is 0. The third kappa shape index (κ3) is 4.17. The molecule has 0 saturated carbocycles. The van der Waals surface area contributed by atoms with Crippen molar-refractivity contribution < 1.29 is 9.47 Å². The molecule has 3 aromatic carbocycles. The van der Waals surface area contributed by atoms with E-state index in [4.69, 9.17) is 9.47 Å². The molecule has 1 aliphatic rings. The number of ether oxygens (including phenoxy) is 2. The SMILES string of the molecule is COc1cccc2c1CCCC2=NNc1ccc(OCc2ccccc2)cc1. The summed E-state index contributed by atoms with van der Waals surface area (Å²) in [6.07, 6.45) is 3.08. The molecule has 142 valence electrons. The van der Waals surface area contributed by atoms with Gasteiger partial charge in [0.05, 0.1) is 18.5 Å². The van der Waals surface area contributed by atoms with Crippen LogP contribution in [0.3, 0.4) is 0 Å². The fraction of sp³-hybridized carbons (Fsp3) is 0.208. The molecular formula is C24H24N2O2. The van der Waals surface area contributed by atoms with Gasteiger partial charge in [0.25, 0.3) is 0 Å². The summed E-state index contributed by atoms with van der Waals surface area (Å²) in [5.41, 5.74) is 8.79. The highest BCUT2D eigenvalue weighted by Crippen LogP contribution is 2.30. The summed E-state index contributed by atoms with van der Waals surface area (Å²) in [4.78, 5) is 0. The number of nitrogens with one attached hydrogen (secondary N) is 1. The summed E-state index contributed by atoms with van der Waals surface area (Å²) in [7, 11) is 1.72. The van der Waals surface area contributed by atoms with Gasteiger partial charge in [-0.2, -0.15) is 5.10 Å².